The van der Waals surface area contributed by atoms with Gasteiger partial charge < -0.3 is 5.32 Å². The summed E-state index contributed by atoms with van der Waals surface area (Å²) in [6, 6.07) is 21.4. The number of aromatic nitrogens is 2. The minimum atomic E-state index is -0.267. The van der Waals surface area contributed by atoms with Crippen molar-refractivity contribution in [2.45, 2.75) is 0 Å². The van der Waals surface area contributed by atoms with Crippen molar-refractivity contribution in [1.29, 1.82) is 0 Å². The monoisotopic (exact) mass is 365 g/mol. The number of hydrogen-bond acceptors (Lipinski definition) is 5. The van der Waals surface area contributed by atoms with E-state index in [1.807, 2.05) is 66.7 Å². The molecule has 0 saturated carbocycles. The van der Waals surface area contributed by atoms with E-state index in [1.54, 1.807) is 12.3 Å². The van der Waals surface area contributed by atoms with Crippen LogP contribution in [-0.2, 0) is 4.79 Å². The number of hydrogen-bond donors (Lipinski definition) is 2. The van der Waals surface area contributed by atoms with Gasteiger partial charge in [0.25, 0.3) is 5.91 Å². The maximum Gasteiger partial charge on any atom is 0.276 e. The van der Waals surface area contributed by atoms with E-state index in [1.165, 1.54) is 0 Å². The maximum absolute atomic E-state index is 12.3. The highest BCUT2D eigenvalue weighted by Gasteiger charge is 2.20. The molecular formula is C22H15N5O. The number of nitrogens with zero attached hydrogens (tertiary/aromatic N) is 3. The molecular weight excluding hydrogens is 350 g/mol. The molecule has 6 nitrogen and oxygen atoms in total. The molecule has 0 spiro atoms. The quantitative estimate of drug-likeness (QED) is 0.419. The molecule has 2 aromatic carbocycles. The molecule has 5 rings (SSSR count). The van der Waals surface area contributed by atoms with Crippen LogP contribution in [0.4, 0.5) is 5.69 Å². The minimum absolute atomic E-state index is 0.267. The van der Waals surface area contributed by atoms with Crippen LogP contribution in [0.1, 0.15) is 5.69 Å². The van der Waals surface area contributed by atoms with Crippen LogP contribution in [0, 0.1) is 0 Å². The summed E-state index contributed by atoms with van der Waals surface area (Å²) >= 11 is 0. The molecule has 0 bridgehead atoms. The molecule has 0 unspecified atom stereocenters. The standard InChI is InChI=1S/C22H15N5O/c28-21-18(26-22(27-21)25-16-6-2-1-3-7-16)13-17-11-10-15-9-8-14-5-4-12-23-19(14)20(15)24-17/h1-13H,(H2,25,26,27,28). The minimum Gasteiger partial charge on any atom is -0.326 e. The van der Waals surface area contributed by atoms with Crippen LogP contribution in [-0.4, -0.2) is 21.8 Å². The Morgan fingerprint density at radius 3 is 2.50 bits per heavy atom. The predicted octanol–water partition coefficient (Wildman–Crippen LogP) is 3.72. The molecule has 0 aliphatic carbocycles. The van der Waals surface area contributed by atoms with Crippen molar-refractivity contribution < 1.29 is 4.79 Å². The normalized spacial score (nSPS) is 15.1. The largest absolute Gasteiger partial charge is 0.326 e. The first-order valence-electron chi connectivity index (χ1n) is 8.85. The summed E-state index contributed by atoms with van der Waals surface area (Å²) in [5.74, 6) is 0.131. The molecule has 0 radical (unpaired) electrons. The van der Waals surface area contributed by atoms with Gasteiger partial charge in [0, 0.05) is 22.7 Å². The van der Waals surface area contributed by atoms with E-state index in [9.17, 15) is 4.79 Å². The molecule has 1 aliphatic rings. The molecule has 28 heavy (non-hydrogen) atoms. The van der Waals surface area contributed by atoms with Gasteiger partial charge in [0.2, 0.25) is 5.96 Å². The number of pyridine rings is 2. The summed E-state index contributed by atoms with van der Waals surface area (Å²) in [6.45, 7) is 0. The fraction of sp³-hybridized carbons (Fsp3) is 0. The summed E-state index contributed by atoms with van der Waals surface area (Å²) in [7, 11) is 0. The topological polar surface area (TPSA) is 79.3 Å². The number of aliphatic imine (C=N–C) groups is 1. The van der Waals surface area contributed by atoms with Crippen LogP contribution in [0.25, 0.3) is 27.9 Å². The Labute approximate surface area is 160 Å². The average Bonchev–Trinajstić information content (AvgIpc) is 3.07. The van der Waals surface area contributed by atoms with Crippen LogP contribution in [0.3, 0.4) is 0 Å². The first kappa shape index (κ1) is 16.1. The zero-order valence-corrected chi connectivity index (χ0v) is 14.8. The lowest BCUT2D eigenvalue weighted by Crippen LogP contribution is -2.29. The van der Waals surface area contributed by atoms with E-state index in [4.69, 9.17) is 4.98 Å². The van der Waals surface area contributed by atoms with Crippen molar-refractivity contribution in [3.63, 3.8) is 0 Å². The van der Waals surface area contributed by atoms with Crippen LogP contribution in [0.5, 0.6) is 0 Å². The first-order chi connectivity index (χ1) is 13.8. The molecule has 6 heteroatoms. The fourth-order valence-electron chi connectivity index (χ4n) is 3.15. The third-order valence-electron chi connectivity index (χ3n) is 4.47. The van der Waals surface area contributed by atoms with Crippen LogP contribution in [0.15, 0.2) is 83.6 Å². The number of para-hydroxylation sites is 1. The van der Waals surface area contributed by atoms with Gasteiger partial charge in [0.15, 0.2) is 0 Å². The van der Waals surface area contributed by atoms with Gasteiger partial charge in [-0.2, -0.15) is 0 Å². The highest BCUT2D eigenvalue weighted by molar-refractivity contribution is 6.17. The van der Waals surface area contributed by atoms with E-state index in [2.05, 4.69) is 20.6 Å². The smallest absolute Gasteiger partial charge is 0.276 e. The third-order valence-corrected chi connectivity index (χ3v) is 4.47. The van der Waals surface area contributed by atoms with Crippen molar-refractivity contribution in [1.82, 2.24) is 15.3 Å². The molecule has 1 aliphatic heterocycles. The summed E-state index contributed by atoms with van der Waals surface area (Å²) in [4.78, 5) is 25.8. The van der Waals surface area contributed by atoms with Crippen LogP contribution >= 0.6 is 0 Å². The summed E-state index contributed by atoms with van der Waals surface area (Å²) in [6.07, 6.45) is 3.43. The van der Waals surface area contributed by atoms with E-state index in [0.29, 0.717) is 17.4 Å². The number of guanidine groups is 1. The van der Waals surface area contributed by atoms with Gasteiger partial charge in [0.1, 0.15) is 5.70 Å². The number of fused-ring (bicyclic) bond motifs is 3. The Morgan fingerprint density at radius 1 is 0.857 bits per heavy atom. The summed E-state index contributed by atoms with van der Waals surface area (Å²) in [5, 5.41) is 7.84. The molecule has 0 atom stereocenters. The van der Waals surface area contributed by atoms with Crippen molar-refractivity contribution in [2.75, 3.05) is 5.32 Å². The molecule has 4 aromatic rings. The Morgan fingerprint density at radius 2 is 1.64 bits per heavy atom. The van der Waals surface area contributed by atoms with Crippen LogP contribution in [0.2, 0.25) is 0 Å². The fourth-order valence-corrected chi connectivity index (χ4v) is 3.15. The van der Waals surface area contributed by atoms with Gasteiger partial charge in [-0.1, -0.05) is 42.5 Å². The van der Waals surface area contributed by atoms with E-state index in [-0.39, 0.29) is 5.91 Å². The molecule has 2 aromatic heterocycles. The van der Waals surface area contributed by atoms with Crippen LogP contribution < -0.4 is 10.6 Å². The van der Waals surface area contributed by atoms with Gasteiger partial charge in [-0.05, 0) is 30.3 Å². The summed E-state index contributed by atoms with van der Waals surface area (Å²) < 4.78 is 0. The predicted molar refractivity (Wildman–Crippen MR) is 111 cm³/mol. The Balaban J connectivity index is 1.52. The van der Waals surface area contributed by atoms with Crippen molar-refractivity contribution in [3.8, 4) is 0 Å². The molecule has 3 heterocycles. The first-order valence-corrected chi connectivity index (χ1v) is 8.85. The molecule has 0 saturated heterocycles. The van der Waals surface area contributed by atoms with Gasteiger partial charge in [-0.15, -0.1) is 0 Å². The Kier molecular flexibility index (Phi) is 3.80. The number of carbonyl (C=O) groups is 1. The summed E-state index contributed by atoms with van der Waals surface area (Å²) in [5.41, 5.74) is 3.45. The van der Waals surface area contributed by atoms with Crippen molar-refractivity contribution in [3.05, 3.63) is 84.3 Å². The van der Waals surface area contributed by atoms with E-state index >= 15 is 0 Å². The molecule has 134 valence electrons. The van der Waals surface area contributed by atoms with E-state index in [0.717, 1.165) is 27.5 Å². The molecule has 0 fully saturated rings. The molecule has 2 N–H and O–H groups in total. The Bertz CT molecular complexity index is 1280. The lowest BCUT2D eigenvalue weighted by atomic mass is 10.1. The van der Waals surface area contributed by atoms with Gasteiger partial charge >= 0.3 is 0 Å². The highest BCUT2D eigenvalue weighted by Crippen LogP contribution is 2.23. The maximum atomic E-state index is 12.3. The van der Waals surface area contributed by atoms with Crippen molar-refractivity contribution in [2.24, 2.45) is 4.99 Å². The van der Waals surface area contributed by atoms with E-state index < -0.39 is 0 Å². The SMILES string of the molecule is O=C1NC(Nc2ccccc2)=NC1=Cc1ccc2ccc3cccnc3c2n1. The number of amides is 1. The third kappa shape index (κ3) is 2.97. The Hall–Kier alpha value is -4.06. The highest BCUT2D eigenvalue weighted by atomic mass is 16.2. The number of carbonyl (C=O) groups excluding carboxylic acids is 1. The zero-order valence-electron chi connectivity index (χ0n) is 14.8. The number of benzene rings is 2. The number of rotatable bonds is 2. The van der Waals surface area contributed by atoms with Gasteiger partial charge in [0.05, 0.1) is 16.7 Å². The lowest BCUT2D eigenvalue weighted by molar-refractivity contribution is -0.115. The number of nitrogens with one attached hydrogen (secondary N) is 2. The second-order valence-electron chi connectivity index (χ2n) is 6.38. The lowest BCUT2D eigenvalue weighted by Gasteiger charge is -2.03. The molecule has 1 amide bonds. The van der Waals surface area contributed by atoms with Gasteiger partial charge in [-0.3, -0.25) is 15.1 Å². The average molecular weight is 365 g/mol. The van der Waals surface area contributed by atoms with Crippen molar-refractivity contribution >= 4 is 45.4 Å². The second kappa shape index (κ2) is 6.59. The number of anilines is 1. The second-order valence-corrected chi connectivity index (χ2v) is 6.38. The zero-order chi connectivity index (χ0) is 18.9. The van der Waals surface area contributed by atoms with Gasteiger partial charge in [-0.25, -0.2) is 9.98 Å².